The van der Waals surface area contributed by atoms with Gasteiger partial charge in [0.05, 0.1) is 11.4 Å². The van der Waals surface area contributed by atoms with Crippen LogP contribution in [0, 0.1) is 0 Å². The van der Waals surface area contributed by atoms with Crippen molar-refractivity contribution in [1.29, 1.82) is 0 Å². The van der Waals surface area contributed by atoms with Crippen molar-refractivity contribution < 1.29 is 0 Å². The smallest absolute Gasteiger partial charge is 0.0547 e. The summed E-state index contributed by atoms with van der Waals surface area (Å²) in [6, 6.07) is 7.13. The van der Waals surface area contributed by atoms with E-state index < -0.39 is 0 Å². The number of hydrogen-bond acceptors (Lipinski definition) is 3. The zero-order chi connectivity index (χ0) is 12.8. The van der Waals surface area contributed by atoms with Crippen LogP contribution in [0.1, 0.15) is 44.0 Å². The maximum atomic E-state index is 4.72. The molecule has 0 atom stereocenters. The van der Waals surface area contributed by atoms with Crippen molar-refractivity contribution in [3.05, 3.63) is 29.6 Å². The van der Waals surface area contributed by atoms with Crippen LogP contribution < -0.4 is 5.32 Å². The molecule has 0 bridgehead atoms. The van der Waals surface area contributed by atoms with Crippen molar-refractivity contribution in [3.8, 4) is 0 Å². The highest BCUT2D eigenvalue weighted by Gasteiger charge is 2.19. The SMILES string of the molecule is CCNCc1cccc(CN(C)C2CCCC2)n1. The van der Waals surface area contributed by atoms with Gasteiger partial charge in [0.2, 0.25) is 0 Å². The minimum Gasteiger partial charge on any atom is -0.311 e. The van der Waals surface area contributed by atoms with Crippen LogP contribution in [0.5, 0.6) is 0 Å². The molecule has 100 valence electrons. The second-order valence-corrected chi connectivity index (χ2v) is 5.25. The van der Waals surface area contributed by atoms with E-state index in [-0.39, 0.29) is 0 Å². The van der Waals surface area contributed by atoms with E-state index in [0.717, 1.165) is 31.4 Å². The van der Waals surface area contributed by atoms with E-state index in [1.807, 2.05) is 0 Å². The van der Waals surface area contributed by atoms with Crippen molar-refractivity contribution in [1.82, 2.24) is 15.2 Å². The summed E-state index contributed by atoms with van der Waals surface area (Å²) in [6.45, 7) is 4.97. The van der Waals surface area contributed by atoms with Crippen LogP contribution in [0.15, 0.2) is 18.2 Å². The third-order valence-corrected chi connectivity index (χ3v) is 3.78. The predicted molar refractivity (Wildman–Crippen MR) is 75.3 cm³/mol. The Balaban J connectivity index is 1.91. The Morgan fingerprint density at radius 2 is 2.00 bits per heavy atom. The fraction of sp³-hybridized carbons (Fsp3) is 0.667. The summed E-state index contributed by atoms with van der Waals surface area (Å²) in [7, 11) is 2.23. The molecule has 3 nitrogen and oxygen atoms in total. The van der Waals surface area contributed by atoms with Gasteiger partial charge in [-0.2, -0.15) is 0 Å². The van der Waals surface area contributed by atoms with E-state index >= 15 is 0 Å². The normalized spacial score (nSPS) is 16.6. The summed E-state index contributed by atoms with van der Waals surface area (Å²) in [6.07, 6.45) is 5.49. The van der Waals surface area contributed by atoms with Gasteiger partial charge in [-0.3, -0.25) is 9.88 Å². The third kappa shape index (κ3) is 3.79. The molecule has 1 aliphatic rings. The first-order valence-electron chi connectivity index (χ1n) is 7.15. The number of aromatic nitrogens is 1. The Kier molecular flexibility index (Phi) is 5.14. The molecule has 0 radical (unpaired) electrons. The summed E-state index contributed by atoms with van der Waals surface area (Å²) < 4.78 is 0. The molecule has 0 spiro atoms. The highest BCUT2D eigenvalue weighted by atomic mass is 15.1. The average Bonchev–Trinajstić information content (AvgIpc) is 2.91. The Morgan fingerprint density at radius 3 is 2.72 bits per heavy atom. The third-order valence-electron chi connectivity index (χ3n) is 3.78. The highest BCUT2D eigenvalue weighted by Crippen LogP contribution is 2.23. The Bertz CT molecular complexity index is 359. The van der Waals surface area contributed by atoms with Crippen LogP contribution in [-0.2, 0) is 13.1 Å². The maximum absolute atomic E-state index is 4.72. The van der Waals surface area contributed by atoms with E-state index in [0.29, 0.717) is 0 Å². The lowest BCUT2D eigenvalue weighted by Crippen LogP contribution is -2.29. The fourth-order valence-corrected chi connectivity index (χ4v) is 2.70. The molecular formula is C15H25N3. The molecular weight excluding hydrogens is 222 g/mol. The molecule has 1 N–H and O–H groups in total. The van der Waals surface area contributed by atoms with Crippen molar-refractivity contribution >= 4 is 0 Å². The van der Waals surface area contributed by atoms with Gasteiger partial charge in [0.1, 0.15) is 0 Å². The summed E-state index contributed by atoms with van der Waals surface area (Å²) >= 11 is 0. The molecule has 1 heterocycles. The molecule has 0 saturated heterocycles. The molecule has 2 rings (SSSR count). The zero-order valence-electron chi connectivity index (χ0n) is 11.7. The summed E-state index contributed by atoms with van der Waals surface area (Å²) in [5, 5.41) is 3.32. The van der Waals surface area contributed by atoms with Gasteiger partial charge in [-0.15, -0.1) is 0 Å². The molecule has 0 unspecified atom stereocenters. The Labute approximate surface area is 111 Å². The lowest BCUT2D eigenvalue weighted by molar-refractivity contribution is 0.234. The van der Waals surface area contributed by atoms with Crippen molar-refractivity contribution in [2.75, 3.05) is 13.6 Å². The predicted octanol–water partition coefficient (Wildman–Crippen LogP) is 2.57. The summed E-state index contributed by atoms with van der Waals surface area (Å²) in [5.74, 6) is 0. The van der Waals surface area contributed by atoms with Crippen LogP contribution in [0.4, 0.5) is 0 Å². The van der Waals surface area contributed by atoms with Crippen molar-refractivity contribution in [3.63, 3.8) is 0 Å². The van der Waals surface area contributed by atoms with Crippen molar-refractivity contribution in [2.24, 2.45) is 0 Å². The van der Waals surface area contributed by atoms with Gasteiger partial charge in [-0.1, -0.05) is 25.8 Å². The Morgan fingerprint density at radius 1 is 1.28 bits per heavy atom. The van der Waals surface area contributed by atoms with Crippen LogP contribution >= 0.6 is 0 Å². The van der Waals surface area contributed by atoms with Crippen LogP contribution in [0.2, 0.25) is 0 Å². The molecule has 0 aliphatic heterocycles. The second-order valence-electron chi connectivity index (χ2n) is 5.25. The van der Waals surface area contributed by atoms with Crippen molar-refractivity contribution in [2.45, 2.75) is 51.7 Å². The van der Waals surface area contributed by atoms with Gasteiger partial charge >= 0.3 is 0 Å². The first-order chi connectivity index (χ1) is 8.79. The Hall–Kier alpha value is -0.930. The zero-order valence-corrected chi connectivity index (χ0v) is 11.7. The van der Waals surface area contributed by atoms with Gasteiger partial charge in [0.25, 0.3) is 0 Å². The van der Waals surface area contributed by atoms with Gasteiger partial charge in [-0.25, -0.2) is 0 Å². The monoisotopic (exact) mass is 247 g/mol. The second kappa shape index (κ2) is 6.86. The van der Waals surface area contributed by atoms with E-state index in [9.17, 15) is 0 Å². The topological polar surface area (TPSA) is 28.2 Å². The maximum Gasteiger partial charge on any atom is 0.0547 e. The molecule has 1 fully saturated rings. The number of rotatable bonds is 6. The van der Waals surface area contributed by atoms with Crippen LogP contribution in [-0.4, -0.2) is 29.5 Å². The minimum atomic E-state index is 0.768. The average molecular weight is 247 g/mol. The molecule has 1 aliphatic carbocycles. The summed E-state index contributed by atoms with van der Waals surface area (Å²) in [5.41, 5.74) is 2.34. The van der Waals surface area contributed by atoms with E-state index in [1.54, 1.807) is 0 Å². The van der Waals surface area contributed by atoms with Gasteiger partial charge in [0, 0.05) is 19.1 Å². The molecule has 1 aromatic heterocycles. The van der Waals surface area contributed by atoms with Crippen LogP contribution in [0.25, 0.3) is 0 Å². The van der Waals surface area contributed by atoms with E-state index in [1.165, 1.54) is 31.4 Å². The van der Waals surface area contributed by atoms with Crippen LogP contribution in [0.3, 0.4) is 0 Å². The largest absolute Gasteiger partial charge is 0.311 e. The highest BCUT2D eigenvalue weighted by molar-refractivity contribution is 5.11. The van der Waals surface area contributed by atoms with E-state index in [4.69, 9.17) is 4.98 Å². The number of hydrogen-bond donors (Lipinski definition) is 1. The number of nitrogens with zero attached hydrogens (tertiary/aromatic N) is 2. The van der Waals surface area contributed by atoms with Gasteiger partial charge in [-0.05, 0) is 38.6 Å². The molecule has 0 aromatic carbocycles. The molecule has 1 aromatic rings. The van der Waals surface area contributed by atoms with Gasteiger partial charge in [0.15, 0.2) is 0 Å². The lowest BCUT2D eigenvalue weighted by Gasteiger charge is -2.23. The van der Waals surface area contributed by atoms with E-state index in [2.05, 4.69) is 42.4 Å². The quantitative estimate of drug-likeness (QED) is 0.837. The fourth-order valence-electron chi connectivity index (χ4n) is 2.70. The van der Waals surface area contributed by atoms with Gasteiger partial charge < -0.3 is 5.32 Å². The standard InChI is InChI=1S/C15H25N3/c1-3-16-11-13-7-6-8-14(17-13)12-18(2)15-9-4-5-10-15/h6-8,15-16H,3-5,9-12H2,1-2H3. The number of pyridine rings is 1. The lowest BCUT2D eigenvalue weighted by atomic mass is 10.2. The molecule has 1 saturated carbocycles. The molecule has 0 amide bonds. The summed E-state index contributed by atoms with van der Waals surface area (Å²) in [4.78, 5) is 7.18. The molecule has 3 heteroatoms. The number of nitrogens with one attached hydrogen (secondary N) is 1. The first-order valence-corrected chi connectivity index (χ1v) is 7.15. The first kappa shape index (κ1) is 13.5. The minimum absolute atomic E-state index is 0.768. The molecule has 18 heavy (non-hydrogen) atoms.